The van der Waals surface area contributed by atoms with Crippen LogP contribution in [0.25, 0.3) is 0 Å². The molecule has 0 radical (unpaired) electrons. The zero-order valence-corrected chi connectivity index (χ0v) is 7.16. The molecule has 0 aromatic heterocycles. The SMILES string of the molecule is C1CC23CCC14CCC42CC3. The van der Waals surface area contributed by atoms with Crippen molar-refractivity contribution >= 4 is 0 Å². The summed E-state index contributed by atoms with van der Waals surface area (Å²) in [4.78, 5) is 0. The van der Waals surface area contributed by atoms with Crippen LogP contribution in [-0.4, -0.2) is 0 Å². The largest absolute Gasteiger partial charge is 0.0465 e. The Balaban J connectivity index is 1.98. The van der Waals surface area contributed by atoms with Crippen LogP contribution < -0.4 is 0 Å². The lowest BCUT2D eigenvalue weighted by Crippen LogP contribution is -2.55. The Labute approximate surface area is 68.4 Å². The molecule has 4 fully saturated rings. The summed E-state index contributed by atoms with van der Waals surface area (Å²) in [7, 11) is 0. The lowest BCUT2D eigenvalue weighted by Gasteiger charge is -2.64. The highest BCUT2D eigenvalue weighted by Gasteiger charge is 2.79. The van der Waals surface area contributed by atoms with Gasteiger partial charge in [-0.05, 0) is 67.6 Å². The standard InChI is InChI=1S/C11H16/c1-2-10-4-3-9(1)5-7-11(9,10)8-6-10/h1-8H2. The van der Waals surface area contributed by atoms with Crippen LogP contribution in [0.5, 0.6) is 0 Å². The molecular weight excluding hydrogens is 132 g/mol. The summed E-state index contributed by atoms with van der Waals surface area (Å²) in [5.41, 5.74) is 2.83. The van der Waals surface area contributed by atoms with Crippen molar-refractivity contribution in [1.29, 1.82) is 0 Å². The number of hydrogen-bond donors (Lipinski definition) is 0. The van der Waals surface area contributed by atoms with E-state index in [0.29, 0.717) is 0 Å². The molecule has 0 heterocycles. The van der Waals surface area contributed by atoms with E-state index in [1.807, 2.05) is 0 Å². The van der Waals surface area contributed by atoms with Crippen molar-refractivity contribution < 1.29 is 0 Å². The topological polar surface area (TPSA) is 0 Å². The van der Waals surface area contributed by atoms with Gasteiger partial charge in [0.2, 0.25) is 0 Å². The number of rotatable bonds is 0. The molecule has 0 atom stereocenters. The van der Waals surface area contributed by atoms with E-state index in [1.165, 1.54) is 0 Å². The van der Waals surface area contributed by atoms with E-state index in [9.17, 15) is 0 Å². The molecule has 60 valence electrons. The van der Waals surface area contributed by atoms with Crippen molar-refractivity contribution in [3.63, 3.8) is 0 Å². The monoisotopic (exact) mass is 148 g/mol. The van der Waals surface area contributed by atoms with Crippen molar-refractivity contribution in [2.75, 3.05) is 0 Å². The van der Waals surface area contributed by atoms with Gasteiger partial charge in [-0.25, -0.2) is 0 Å². The quantitative estimate of drug-likeness (QED) is 0.495. The minimum atomic E-state index is 0.936. The maximum Gasteiger partial charge on any atom is -0.0184 e. The second-order valence-corrected chi connectivity index (χ2v) is 5.64. The Morgan fingerprint density at radius 3 is 1.00 bits per heavy atom. The third-order valence-electron chi connectivity index (χ3n) is 6.26. The van der Waals surface area contributed by atoms with Gasteiger partial charge in [-0.3, -0.25) is 0 Å². The third-order valence-corrected chi connectivity index (χ3v) is 6.26. The van der Waals surface area contributed by atoms with Crippen LogP contribution in [0, 0.1) is 16.2 Å². The van der Waals surface area contributed by atoms with Crippen molar-refractivity contribution in [2.24, 2.45) is 16.2 Å². The first kappa shape index (κ1) is 5.61. The molecule has 0 aromatic rings. The minimum absolute atomic E-state index is 0.936. The lowest BCUT2D eigenvalue weighted by molar-refractivity contribution is -0.148. The minimum Gasteiger partial charge on any atom is -0.0465 e. The maximum atomic E-state index is 1.62. The van der Waals surface area contributed by atoms with Gasteiger partial charge in [-0.1, -0.05) is 0 Å². The molecular formula is C11H16. The van der Waals surface area contributed by atoms with E-state index in [2.05, 4.69) is 0 Å². The van der Waals surface area contributed by atoms with Gasteiger partial charge >= 0.3 is 0 Å². The summed E-state index contributed by atoms with van der Waals surface area (Å²) in [5, 5.41) is 0. The van der Waals surface area contributed by atoms with Gasteiger partial charge in [-0.15, -0.1) is 0 Å². The van der Waals surface area contributed by atoms with Gasteiger partial charge in [0, 0.05) is 0 Å². The fraction of sp³-hybridized carbons (Fsp3) is 1.00. The second-order valence-electron chi connectivity index (χ2n) is 5.64. The first-order valence-corrected chi connectivity index (χ1v) is 5.33. The van der Waals surface area contributed by atoms with Crippen molar-refractivity contribution in [1.82, 2.24) is 0 Å². The molecule has 4 saturated carbocycles. The first-order chi connectivity index (χ1) is 5.33. The molecule has 4 rings (SSSR count). The van der Waals surface area contributed by atoms with Crippen LogP contribution in [0.4, 0.5) is 0 Å². The molecule has 4 aliphatic carbocycles. The smallest absolute Gasteiger partial charge is 0.0184 e. The average molecular weight is 148 g/mol. The van der Waals surface area contributed by atoms with Gasteiger partial charge < -0.3 is 0 Å². The van der Waals surface area contributed by atoms with E-state index in [4.69, 9.17) is 0 Å². The Hall–Kier alpha value is 0. The van der Waals surface area contributed by atoms with Crippen molar-refractivity contribution in [2.45, 2.75) is 51.4 Å². The zero-order valence-electron chi connectivity index (χ0n) is 7.16. The van der Waals surface area contributed by atoms with Gasteiger partial charge in [0.1, 0.15) is 0 Å². The van der Waals surface area contributed by atoms with Crippen LogP contribution >= 0.6 is 0 Å². The van der Waals surface area contributed by atoms with Crippen LogP contribution in [0.15, 0.2) is 0 Å². The highest BCUT2D eigenvalue weighted by atomic mass is 14.8. The summed E-state index contributed by atoms with van der Waals surface area (Å²) >= 11 is 0. The fourth-order valence-electron chi connectivity index (χ4n) is 5.44. The Morgan fingerprint density at radius 2 is 0.818 bits per heavy atom. The summed E-state index contributed by atoms with van der Waals surface area (Å²) in [6.07, 6.45) is 12.9. The molecule has 0 saturated heterocycles. The molecule has 11 heavy (non-hydrogen) atoms. The van der Waals surface area contributed by atoms with Gasteiger partial charge in [0.05, 0.1) is 0 Å². The molecule has 0 amide bonds. The van der Waals surface area contributed by atoms with E-state index in [-0.39, 0.29) is 0 Å². The highest BCUT2D eigenvalue weighted by Crippen LogP contribution is 2.89. The number of hydrogen-bond acceptors (Lipinski definition) is 0. The molecule has 0 heteroatoms. The predicted molar refractivity (Wildman–Crippen MR) is 44.2 cm³/mol. The van der Waals surface area contributed by atoms with Crippen molar-refractivity contribution in [3.05, 3.63) is 0 Å². The van der Waals surface area contributed by atoms with Crippen molar-refractivity contribution in [3.8, 4) is 0 Å². The molecule has 0 nitrogen and oxygen atoms in total. The summed E-state index contributed by atoms with van der Waals surface area (Å²) in [6, 6.07) is 0. The van der Waals surface area contributed by atoms with Crippen LogP contribution in [0.2, 0.25) is 0 Å². The van der Waals surface area contributed by atoms with Gasteiger partial charge in [0.15, 0.2) is 0 Å². The molecule has 1 spiro atoms. The maximum absolute atomic E-state index is 1.62. The Kier molecular flexibility index (Phi) is 0.611. The predicted octanol–water partition coefficient (Wildman–Crippen LogP) is 3.12. The summed E-state index contributed by atoms with van der Waals surface area (Å²) in [5.74, 6) is 0. The molecule has 0 unspecified atom stereocenters. The first-order valence-electron chi connectivity index (χ1n) is 5.33. The molecule has 4 aliphatic rings. The average Bonchev–Trinajstić information content (AvgIpc) is 2.17. The van der Waals surface area contributed by atoms with Crippen LogP contribution in [-0.2, 0) is 0 Å². The summed E-state index contributed by atoms with van der Waals surface area (Å²) < 4.78 is 0. The zero-order chi connectivity index (χ0) is 7.16. The highest BCUT2D eigenvalue weighted by molar-refractivity contribution is 5.29. The normalized spacial score (nSPS) is 69.8. The Morgan fingerprint density at radius 1 is 0.455 bits per heavy atom. The lowest BCUT2D eigenvalue weighted by atomic mass is 9.40. The van der Waals surface area contributed by atoms with E-state index in [1.54, 1.807) is 51.4 Å². The Bertz CT molecular complexity index is 204. The van der Waals surface area contributed by atoms with Gasteiger partial charge in [0.25, 0.3) is 0 Å². The molecule has 2 bridgehead atoms. The molecule has 0 N–H and O–H groups in total. The van der Waals surface area contributed by atoms with E-state index < -0.39 is 0 Å². The summed E-state index contributed by atoms with van der Waals surface area (Å²) in [6.45, 7) is 0. The van der Waals surface area contributed by atoms with Crippen LogP contribution in [0.1, 0.15) is 51.4 Å². The van der Waals surface area contributed by atoms with E-state index >= 15 is 0 Å². The molecule has 0 aromatic carbocycles. The third kappa shape index (κ3) is 0.302. The van der Waals surface area contributed by atoms with E-state index in [0.717, 1.165) is 16.2 Å². The second kappa shape index (κ2) is 1.20. The molecule has 0 aliphatic heterocycles. The van der Waals surface area contributed by atoms with Crippen LogP contribution in [0.3, 0.4) is 0 Å². The van der Waals surface area contributed by atoms with Gasteiger partial charge in [-0.2, -0.15) is 0 Å². The fourth-order valence-corrected chi connectivity index (χ4v) is 5.44.